The first-order chi connectivity index (χ1) is 13.0. The molecule has 0 aliphatic carbocycles. The zero-order valence-corrected chi connectivity index (χ0v) is 15.8. The van der Waals surface area contributed by atoms with Crippen molar-refractivity contribution in [1.82, 2.24) is 10.6 Å². The van der Waals surface area contributed by atoms with Crippen LogP contribution >= 0.6 is 11.6 Å². The Bertz CT molecular complexity index is 789. The van der Waals surface area contributed by atoms with E-state index in [1.807, 2.05) is 43.3 Å². The number of anilines is 1. The van der Waals surface area contributed by atoms with Crippen LogP contribution in [0.25, 0.3) is 0 Å². The summed E-state index contributed by atoms with van der Waals surface area (Å²) in [5, 5.41) is 9.22. The summed E-state index contributed by atoms with van der Waals surface area (Å²) in [6.45, 7) is 3.33. The maximum absolute atomic E-state index is 12.0. The second-order valence-corrected chi connectivity index (χ2v) is 6.96. The first-order valence-electron chi connectivity index (χ1n) is 8.78. The maximum atomic E-state index is 12.0. The van der Waals surface area contributed by atoms with E-state index < -0.39 is 0 Å². The van der Waals surface area contributed by atoms with Crippen LogP contribution in [0.5, 0.6) is 0 Å². The lowest BCUT2D eigenvalue weighted by molar-refractivity contribution is -0.139. The molecular formula is C20H22ClN3O3. The molecule has 2 aromatic carbocycles. The molecule has 7 heteroatoms. The van der Waals surface area contributed by atoms with Crippen molar-refractivity contribution >= 4 is 29.2 Å². The quantitative estimate of drug-likeness (QED) is 0.709. The van der Waals surface area contributed by atoms with E-state index in [2.05, 4.69) is 16.0 Å². The van der Waals surface area contributed by atoms with Gasteiger partial charge in [-0.3, -0.25) is 4.79 Å². The van der Waals surface area contributed by atoms with E-state index >= 15 is 0 Å². The molecule has 1 aliphatic rings. The topological polar surface area (TPSA) is 79.5 Å². The van der Waals surface area contributed by atoms with E-state index in [1.54, 1.807) is 12.1 Å². The summed E-state index contributed by atoms with van der Waals surface area (Å²) in [5.74, 6) is -0.0322. The van der Waals surface area contributed by atoms with Crippen molar-refractivity contribution in [2.75, 3.05) is 18.5 Å². The standard InChI is InChI=1S/C20H22ClN3O3/c1-13(23-19(25)16-11-27-12-16)15-4-8-18(9-5-15)24-20(26)22-10-14-2-6-17(21)7-3-14/h2-9,13,16H,10-12H2,1H3,(H,23,25)(H2,22,24,26)/t13-/m0/s1. The Morgan fingerprint density at radius 3 is 2.37 bits per heavy atom. The lowest BCUT2D eigenvalue weighted by Crippen LogP contribution is -2.43. The molecule has 1 saturated heterocycles. The highest BCUT2D eigenvalue weighted by Crippen LogP contribution is 2.18. The summed E-state index contributed by atoms with van der Waals surface area (Å²) in [6.07, 6.45) is 0. The minimum atomic E-state index is -0.288. The average molecular weight is 388 g/mol. The molecule has 0 aromatic heterocycles. The maximum Gasteiger partial charge on any atom is 0.319 e. The molecule has 3 amide bonds. The van der Waals surface area contributed by atoms with Gasteiger partial charge in [0.15, 0.2) is 0 Å². The van der Waals surface area contributed by atoms with Gasteiger partial charge in [-0.05, 0) is 42.3 Å². The van der Waals surface area contributed by atoms with E-state index in [-0.39, 0.29) is 23.9 Å². The predicted octanol–water partition coefficient (Wildman–Crippen LogP) is 3.49. The van der Waals surface area contributed by atoms with E-state index in [1.165, 1.54) is 0 Å². The first-order valence-corrected chi connectivity index (χ1v) is 9.16. The van der Waals surface area contributed by atoms with Crippen molar-refractivity contribution in [1.29, 1.82) is 0 Å². The van der Waals surface area contributed by atoms with Crippen LogP contribution < -0.4 is 16.0 Å². The Kier molecular flexibility index (Phi) is 6.32. The van der Waals surface area contributed by atoms with E-state index in [9.17, 15) is 9.59 Å². The second-order valence-electron chi connectivity index (χ2n) is 6.52. The van der Waals surface area contributed by atoms with Crippen LogP contribution in [0.2, 0.25) is 5.02 Å². The fourth-order valence-electron chi connectivity index (χ4n) is 2.62. The monoisotopic (exact) mass is 387 g/mol. The van der Waals surface area contributed by atoms with Crippen LogP contribution in [-0.4, -0.2) is 25.2 Å². The summed E-state index contributed by atoms with van der Waals surface area (Å²) in [4.78, 5) is 24.0. The van der Waals surface area contributed by atoms with Gasteiger partial charge >= 0.3 is 6.03 Å². The van der Waals surface area contributed by atoms with Crippen LogP contribution in [0.15, 0.2) is 48.5 Å². The fourth-order valence-corrected chi connectivity index (χ4v) is 2.74. The number of hydrogen-bond donors (Lipinski definition) is 3. The zero-order valence-electron chi connectivity index (χ0n) is 15.0. The van der Waals surface area contributed by atoms with Gasteiger partial charge in [0.25, 0.3) is 0 Å². The number of carbonyl (C=O) groups excluding carboxylic acids is 2. The molecule has 3 rings (SSSR count). The van der Waals surface area contributed by atoms with E-state index in [4.69, 9.17) is 16.3 Å². The Hall–Kier alpha value is -2.57. The molecule has 0 unspecified atom stereocenters. The lowest BCUT2D eigenvalue weighted by atomic mass is 10.0. The van der Waals surface area contributed by atoms with Crippen molar-refractivity contribution < 1.29 is 14.3 Å². The summed E-state index contributed by atoms with van der Waals surface area (Å²) < 4.78 is 5.04. The molecule has 1 heterocycles. The summed E-state index contributed by atoms with van der Waals surface area (Å²) >= 11 is 5.84. The summed E-state index contributed by atoms with van der Waals surface area (Å²) in [5.41, 5.74) is 2.61. The molecule has 2 aromatic rings. The lowest BCUT2D eigenvalue weighted by Gasteiger charge is -2.26. The Morgan fingerprint density at radius 1 is 1.11 bits per heavy atom. The average Bonchev–Trinajstić information content (AvgIpc) is 2.60. The second kappa shape index (κ2) is 8.88. The highest BCUT2D eigenvalue weighted by Gasteiger charge is 2.27. The summed E-state index contributed by atoms with van der Waals surface area (Å²) in [7, 11) is 0. The van der Waals surface area contributed by atoms with Crippen LogP contribution in [0.3, 0.4) is 0 Å². The summed E-state index contributed by atoms with van der Waals surface area (Å²) in [6, 6.07) is 14.3. The number of urea groups is 1. The van der Waals surface area contributed by atoms with Gasteiger partial charge in [0.1, 0.15) is 0 Å². The number of rotatable bonds is 6. The van der Waals surface area contributed by atoms with Crippen molar-refractivity contribution in [2.45, 2.75) is 19.5 Å². The number of benzene rings is 2. The molecule has 27 heavy (non-hydrogen) atoms. The number of nitrogens with one attached hydrogen (secondary N) is 3. The molecule has 142 valence electrons. The Labute approximate surface area is 163 Å². The normalized spacial score (nSPS) is 14.7. The number of hydrogen-bond acceptors (Lipinski definition) is 3. The number of carbonyl (C=O) groups is 2. The molecular weight excluding hydrogens is 366 g/mol. The largest absolute Gasteiger partial charge is 0.380 e. The van der Waals surface area contributed by atoms with Gasteiger partial charge in [0.05, 0.1) is 25.2 Å². The number of ether oxygens (including phenoxy) is 1. The highest BCUT2D eigenvalue weighted by atomic mass is 35.5. The third-order valence-corrected chi connectivity index (χ3v) is 4.65. The van der Waals surface area contributed by atoms with Crippen molar-refractivity contribution in [3.8, 4) is 0 Å². The molecule has 1 atom stereocenters. The van der Waals surface area contributed by atoms with Crippen molar-refractivity contribution in [2.24, 2.45) is 5.92 Å². The van der Waals surface area contributed by atoms with Gasteiger partial charge in [-0.25, -0.2) is 4.79 Å². The zero-order chi connectivity index (χ0) is 19.2. The van der Waals surface area contributed by atoms with Crippen LogP contribution in [0.4, 0.5) is 10.5 Å². The van der Waals surface area contributed by atoms with E-state index in [0.29, 0.717) is 30.5 Å². The Morgan fingerprint density at radius 2 is 1.78 bits per heavy atom. The molecule has 3 N–H and O–H groups in total. The van der Waals surface area contributed by atoms with Crippen molar-refractivity contribution in [3.63, 3.8) is 0 Å². The Balaban J connectivity index is 1.47. The number of amides is 3. The SMILES string of the molecule is C[C@H](NC(=O)C1COC1)c1ccc(NC(=O)NCc2ccc(Cl)cc2)cc1. The predicted molar refractivity (Wildman–Crippen MR) is 105 cm³/mol. The molecule has 0 spiro atoms. The van der Waals surface area contributed by atoms with Crippen LogP contribution in [0, 0.1) is 5.92 Å². The third kappa shape index (κ3) is 5.45. The van der Waals surface area contributed by atoms with Crippen molar-refractivity contribution in [3.05, 3.63) is 64.7 Å². The van der Waals surface area contributed by atoms with Crippen LogP contribution in [0.1, 0.15) is 24.1 Å². The molecule has 0 saturated carbocycles. The van der Waals surface area contributed by atoms with Gasteiger partial charge in [0, 0.05) is 17.3 Å². The highest BCUT2D eigenvalue weighted by molar-refractivity contribution is 6.30. The van der Waals surface area contributed by atoms with Gasteiger partial charge in [0.2, 0.25) is 5.91 Å². The number of halogens is 1. The van der Waals surface area contributed by atoms with Crippen LogP contribution in [-0.2, 0) is 16.1 Å². The molecule has 1 aliphatic heterocycles. The molecule has 1 fully saturated rings. The molecule has 0 bridgehead atoms. The third-order valence-electron chi connectivity index (χ3n) is 4.40. The van der Waals surface area contributed by atoms with E-state index in [0.717, 1.165) is 11.1 Å². The fraction of sp³-hybridized carbons (Fsp3) is 0.300. The molecule has 6 nitrogen and oxygen atoms in total. The first kappa shape index (κ1) is 19.2. The minimum absolute atomic E-state index is 0.0116. The smallest absolute Gasteiger partial charge is 0.319 e. The van der Waals surface area contributed by atoms with Gasteiger partial charge < -0.3 is 20.7 Å². The van der Waals surface area contributed by atoms with Gasteiger partial charge in [-0.1, -0.05) is 35.9 Å². The minimum Gasteiger partial charge on any atom is -0.380 e. The van der Waals surface area contributed by atoms with Gasteiger partial charge in [-0.2, -0.15) is 0 Å². The van der Waals surface area contributed by atoms with Gasteiger partial charge in [-0.15, -0.1) is 0 Å². The molecule has 0 radical (unpaired) electrons.